The first kappa shape index (κ1) is 14.7. The van der Waals surface area contributed by atoms with Gasteiger partial charge in [0.2, 0.25) is 0 Å². The maximum atomic E-state index is 11.5. The Morgan fingerprint density at radius 2 is 2.00 bits per heavy atom. The lowest BCUT2D eigenvalue weighted by atomic mass is 10.2. The maximum absolute atomic E-state index is 11.5. The van der Waals surface area contributed by atoms with E-state index in [9.17, 15) is 9.59 Å². The zero-order valence-electron chi connectivity index (χ0n) is 11.3. The predicted octanol–water partition coefficient (Wildman–Crippen LogP) is 1.01. The fourth-order valence-corrected chi connectivity index (χ4v) is 1.79. The van der Waals surface area contributed by atoms with Gasteiger partial charge in [-0.3, -0.25) is 14.3 Å². The fraction of sp³-hybridized carbons (Fsp3) is 0.692. The number of unbranched alkanes of at least 4 members (excludes halogenated alkanes) is 3. The van der Waals surface area contributed by atoms with E-state index in [1.165, 1.54) is 30.3 Å². The molecule has 0 bridgehead atoms. The molecule has 0 saturated heterocycles. The lowest BCUT2D eigenvalue weighted by Crippen LogP contribution is -2.33. The minimum atomic E-state index is -0.335. The highest BCUT2D eigenvalue weighted by atomic mass is 16.2. The van der Waals surface area contributed by atoms with Crippen LogP contribution in [0.15, 0.2) is 15.8 Å². The van der Waals surface area contributed by atoms with Gasteiger partial charge in [0, 0.05) is 24.8 Å². The molecular weight excluding hydrogens is 230 g/mol. The summed E-state index contributed by atoms with van der Waals surface area (Å²) in [5.41, 5.74) is -0.0697. The Kier molecular flexibility index (Phi) is 6.43. The first-order valence-electron chi connectivity index (χ1n) is 6.66. The summed E-state index contributed by atoms with van der Waals surface area (Å²) in [7, 11) is 0. The summed E-state index contributed by atoms with van der Waals surface area (Å²) in [6, 6.07) is 0. The molecule has 0 aromatic carbocycles. The van der Waals surface area contributed by atoms with Gasteiger partial charge in [-0.05, 0) is 19.9 Å². The number of nitrogens with zero attached hydrogens (tertiary/aromatic N) is 1. The van der Waals surface area contributed by atoms with Crippen LogP contribution in [-0.4, -0.2) is 22.6 Å². The SMILES string of the molecule is CCCCCCNCCn1cc(C)c(=O)[nH]c1=O. The highest BCUT2D eigenvalue weighted by Crippen LogP contribution is 1.96. The molecule has 0 aliphatic carbocycles. The molecule has 0 radical (unpaired) electrons. The van der Waals surface area contributed by atoms with Gasteiger partial charge in [0.05, 0.1) is 0 Å². The second-order valence-corrected chi connectivity index (χ2v) is 4.58. The third-order valence-corrected chi connectivity index (χ3v) is 2.93. The molecular formula is C13H23N3O2. The average Bonchev–Trinajstić information content (AvgIpc) is 2.34. The molecule has 1 rings (SSSR count). The van der Waals surface area contributed by atoms with E-state index >= 15 is 0 Å². The topological polar surface area (TPSA) is 66.9 Å². The van der Waals surface area contributed by atoms with E-state index in [4.69, 9.17) is 0 Å². The standard InChI is InChI=1S/C13H23N3O2/c1-3-4-5-6-7-14-8-9-16-10-11(2)12(17)15-13(16)18/h10,14H,3-9H2,1-2H3,(H,15,17,18). The van der Waals surface area contributed by atoms with E-state index in [-0.39, 0.29) is 11.2 Å². The molecule has 0 aliphatic heterocycles. The van der Waals surface area contributed by atoms with Crippen LogP contribution in [0.25, 0.3) is 0 Å². The van der Waals surface area contributed by atoms with Gasteiger partial charge < -0.3 is 5.32 Å². The number of rotatable bonds is 8. The van der Waals surface area contributed by atoms with Crippen molar-refractivity contribution in [1.82, 2.24) is 14.9 Å². The van der Waals surface area contributed by atoms with Crippen molar-refractivity contribution in [2.75, 3.05) is 13.1 Å². The normalized spacial score (nSPS) is 10.8. The van der Waals surface area contributed by atoms with Crippen LogP contribution in [0.4, 0.5) is 0 Å². The van der Waals surface area contributed by atoms with Gasteiger partial charge in [-0.25, -0.2) is 4.79 Å². The Bertz CT molecular complexity index is 462. The van der Waals surface area contributed by atoms with Gasteiger partial charge in [-0.2, -0.15) is 0 Å². The Morgan fingerprint density at radius 3 is 2.72 bits per heavy atom. The minimum Gasteiger partial charge on any atom is -0.315 e. The van der Waals surface area contributed by atoms with Crippen molar-refractivity contribution < 1.29 is 0 Å². The van der Waals surface area contributed by atoms with Gasteiger partial charge in [0.15, 0.2) is 0 Å². The van der Waals surface area contributed by atoms with E-state index in [1.54, 1.807) is 13.1 Å². The van der Waals surface area contributed by atoms with Gasteiger partial charge >= 0.3 is 5.69 Å². The molecule has 0 atom stereocenters. The third kappa shape index (κ3) is 4.87. The number of aromatic nitrogens is 2. The number of aromatic amines is 1. The Hall–Kier alpha value is -1.36. The van der Waals surface area contributed by atoms with E-state index in [0.717, 1.165) is 13.1 Å². The summed E-state index contributed by atoms with van der Waals surface area (Å²) in [5.74, 6) is 0. The number of hydrogen-bond donors (Lipinski definition) is 2. The van der Waals surface area contributed by atoms with Crippen molar-refractivity contribution in [1.29, 1.82) is 0 Å². The molecule has 2 N–H and O–H groups in total. The Labute approximate surface area is 107 Å². The Balaban J connectivity index is 2.30. The molecule has 0 spiro atoms. The van der Waals surface area contributed by atoms with E-state index in [1.807, 2.05) is 0 Å². The zero-order chi connectivity index (χ0) is 13.4. The van der Waals surface area contributed by atoms with Gasteiger partial charge in [0.25, 0.3) is 5.56 Å². The van der Waals surface area contributed by atoms with Gasteiger partial charge in [-0.15, -0.1) is 0 Å². The summed E-state index contributed by atoms with van der Waals surface area (Å²) in [4.78, 5) is 25.0. The van der Waals surface area contributed by atoms with Crippen LogP contribution < -0.4 is 16.6 Å². The number of aryl methyl sites for hydroxylation is 1. The van der Waals surface area contributed by atoms with Gasteiger partial charge in [0.1, 0.15) is 0 Å². The highest BCUT2D eigenvalue weighted by molar-refractivity contribution is 5.00. The van der Waals surface area contributed by atoms with Crippen LogP contribution in [-0.2, 0) is 6.54 Å². The van der Waals surface area contributed by atoms with E-state index in [2.05, 4.69) is 17.2 Å². The molecule has 102 valence electrons. The van der Waals surface area contributed by atoms with Crippen molar-refractivity contribution >= 4 is 0 Å². The lowest BCUT2D eigenvalue weighted by molar-refractivity contribution is 0.547. The second kappa shape index (κ2) is 7.87. The average molecular weight is 253 g/mol. The molecule has 1 heterocycles. The van der Waals surface area contributed by atoms with Crippen molar-refractivity contribution in [3.8, 4) is 0 Å². The molecule has 0 saturated carbocycles. The van der Waals surface area contributed by atoms with Crippen LogP contribution in [0.1, 0.15) is 38.2 Å². The zero-order valence-corrected chi connectivity index (χ0v) is 11.3. The maximum Gasteiger partial charge on any atom is 0.328 e. The fourth-order valence-electron chi connectivity index (χ4n) is 1.79. The smallest absolute Gasteiger partial charge is 0.315 e. The number of hydrogen-bond acceptors (Lipinski definition) is 3. The third-order valence-electron chi connectivity index (χ3n) is 2.93. The largest absolute Gasteiger partial charge is 0.328 e. The monoisotopic (exact) mass is 253 g/mol. The molecule has 0 amide bonds. The number of nitrogens with one attached hydrogen (secondary N) is 2. The highest BCUT2D eigenvalue weighted by Gasteiger charge is 1.99. The first-order valence-corrected chi connectivity index (χ1v) is 6.66. The molecule has 0 aliphatic rings. The molecule has 1 aromatic rings. The van der Waals surface area contributed by atoms with Gasteiger partial charge in [-0.1, -0.05) is 26.2 Å². The molecule has 1 aromatic heterocycles. The molecule has 0 fully saturated rings. The van der Waals surface area contributed by atoms with Crippen LogP contribution in [0.3, 0.4) is 0 Å². The lowest BCUT2D eigenvalue weighted by Gasteiger charge is -2.07. The molecule has 5 nitrogen and oxygen atoms in total. The summed E-state index contributed by atoms with van der Waals surface area (Å²) < 4.78 is 1.54. The summed E-state index contributed by atoms with van der Waals surface area (Å²) in [5, 5.41) is 3.30. The van der Waals surface area contributed by atoms with Crippen LogP contribution in [0.2, 0.25) is 0 Å². The number of H-pyrrole nitrogens is 1. The predicted molar refractivity (Wildman–Crippen MR) is 73.1 cm³/mol. The van der Waals surface area contributed by atoms with Crippen LogP contribution in [0.5, 0.6) is 0 Å². The van der Waals surface area contributed by atoms with Crippen LogP contribution in [0, 0.1) is 6.92 Å². The van der Waals surface area contributed by atoms with Crippen molar-refractivity contribution in [3.63, 3.8) is 0 Å². The second-order valence-electron chi connectivity index (χ2n) is 4.58. The summed E-state index contributed by atoms with van der Waals surface area (Å²) >= 11 is 0. The molecule has 5 heteroatoms. The van der Waals surface area contributed by atoms with Crippen molar-refractivity contribution in [3.05, 3.63) is 32.6 Å². The molecule has 18 heavy (non-hydrogen) atoms. The van der Waals surface area contributed by atoms with E-state index < -0.39 is 0 Å². The quantitative estimate of drug-likeness (QED) is 0.680. The van der Waals surface area contributed by atoms with Crippen molar-refractivity contribution in [2.24, 2.45) is 0 Å². The Morgan fingerprint density at radius 1 is 1.22 bits per heavy atom. The minimum absolute atomic E-state index is 0.302. The first-order chi connectivity index (χ1) is 8.65. The van der Waals surface area contributed by atoms with E-state index in [0.29, 0.717) is 12.1 Å². The van der Waals surface area contributed by atoms with Crippen LogP contribution >= 0.6 is 0 Å². The molecule has 0 unspecified atom stereocenters. The summed E-state index contributed by atoms with van der Waals surface area (Å²) in [6.45, 7) is 6.21. The van der Waals surface area contributed by atoms with Crippen molar-refractivity contribution in [2.45, 2.75) is 46.1 Å². The summed E-state index contributed by atoms with van der Waals surface area (Å²) in [6.07, 6.45) is 6.56.